The smallest absolute Gasteiger partial charge is 0.267 e. The molecule has 0 aromatic heterocycles. The minimum Gasteiger partial charge on any atom is -0.267 e. The highest BCUT2D eigenvalue weighted by Gasteiger charge is 2.28. The van der Waals surface area contributed by atoms with Crippen molar-refractivity contribution >= 4 is 44.9 Å². The van der Waals surface area contributed by atoms with E-state index < -0.39 is 0 Å². The largest absolute Gasteiger partial charge is 0.280 e. The summed E-state index contributed by atoms with van der Waals surface area (Å²) in [6.07, 6.45) is 1.99. The predicted molar refractivity (Wildman–Crippen MR) is 116 cm³/mol. The number of hydrazone groups is 1. The van der Waals surface area contributed by atoms with Crippen molar-refractivity contribution in [3.63, 3.8) is 0 Å². The molecule has 0 saturated heterocycles. The number of para-hydroxylation sites is 1. The summed E-state index contributed by atoms with van der Waals surface area (Å²) in [6.45, 7) is 1.89. The number of anilines is 1. The Hall–Kier alpha value is -3.72. The molecule has 0 N–H and O–H groups in total. The van der Waals surface area contributed by atoms with E-state index in [1.807, 2.05) is 67.6 Å². The lowest BCUT2D eigenvalue weighted by Gasteiger charge is -2.12. The Morgan fingerprint density at radius 2 is 1.36 bits per heavy atom. The van der Waals surface area contributed by atoms with Crippen molar-refractivity contribution in [3.8, 4) is 0 Å². The first-order valence-corrected chi connectivity index (χ1v) is 9.30. The lowest BCUT2D eigenvalue weighted by atomic mass is 9.94. The Kier molecular flexibility index (Phi) is 3.80. The van der Waals surface area contributed by atoms with Crippen molar-refractivity contribution in [2.45, 2.75) is 6.92 Å². The molecule has 1 heterocycles. The monoisotopic (exact) mass is 362 g/mol. The summed E-state index contributed by atoms with van der Waals surface area (Å²) < 4.78 is 0. The Labute approximate surface area is 163 Å². The number of carbonyl (C=O) groups excluding carboxylic acids is 1. The molecule has 5 rings (SSSR count). The van der Waals surface area contributed by atoms with Crippen LogP contribution in [0.2, 0.25) is 0 Å². The summed E-state index contributed by atoms with van der Waals surface area (Å²) in [4.78, 5) is 13.1. The zero-order valence-electron chi connectivity index (χ0n) is 15.5. The molecule has 28 heavy (non-hydrogen) atoms. The highest BCUT2D eigenvalue weighted by Crippen LogP contribution is 2.32. The van der Waals surface area contributed by atoms with Crippen molar-refractivity contribution in [1.29, 1.82) is 0 Å². The van der Waals surface area contributed by atoms with Crippen LogP contribution in [0.15, 0.2) is 95.6 Å². The maximum atomic E-state index is 13.1. The number of nitrogens with zero attached hydrogens (tertiary/aromatic N) is 2. The molecule has 1 aliphatic rings. The van der Waals surface area contributed by atoms with E-state index in [0.717, 1.165) is 38.5 Å². The molecule has 0 bridgehead atoms. The van der Waals surface area contributed by atoms with Crippen molar-refractivity contribution in [2.24, 2.45) is 5.10 Å². The van der Waals surface area contributed by atoms with Gasteiger partial charge in [-0.25, -0.2) is 0 Å². The van der Waals surface area contributed by atoms with Crippen molar-refractivity contribution in [1.82, 2.24) is 0 Å². The van der Waals surface area contributed by atoms with E-state index in [-0.39, 0.29) is 5.91 Å². The number of hydrogen-bond acceptors (Lipinski definition) is 2. The van der Waals surface area contributed by atoms with Crippen LogP contribution in [0.5, 0.6) is 0 Å². The van der Waals surface area contributed by atoms with Gasteiger partial charge in [0.25, 0.3) is 5.91 Å². The zero-order valence-corrected chi connectivity index (χ0v) is 15.5. The average Bonchev–Trinajstić information content (AvgIpc) is 3.02. The van der Waals surface area contributed by atoms with E-state index >= 15 is 0 Å². The van der Waals surface area contributed by atoms with Crippen molar-refractivity contribution < 1.29 is 4.79 Å². The van der Waals surface area contributed by atoms with E-state index in [9.17, 15) is 4.79 Å². The molecule has 0 fully saturated rings. The van der Waals surface area contributed by atoms with Gasteiger partial charge in [0.05, 0.1) is 17.0 Å². The van der Waals surface area contributed by atoms with Crippen molar-refractivity contribution in [2.75, 3.05) is 5.01 Å². The van der Waals surface area contributed by atoms with Gasteiger partial charge in [-0.1, -0.05) is 66.7 Å². The molecule has 4 aromatic carbocycles. The SMILES string of the molecule is CC1=NN(c2ccccc2)C(=O)C1=Cc1c2ccccc2cc2ccccc12. The highest BCUT2D eigenvalue weighted by molar-refractivity contribution is 6.33. The van der Waals surface area contributed by atoms with E-state index in [2.05, 4.69) is 35.4 Å². The summed E-state index contributed by atoms with van der Waals surface area (Å²) in [5.41, 5.74) is 3.19. The van der Waals surface area contributed by atoms with Crippen LogP contribution in [0.25, 0.3) is 27.6 Å². The Morgan fingerprint density at radius 3 is 2.00 bits per heavy atom. The van der Waals surface area contributed by atoms with Gasteiger partial charge in [-0.3, -0.25) is 4.79 Å². The summed E-state index contributed by atoms with van der Waals surface area (Å²) in [5, 5.41) is 10.6. The molecule has 0 atom stereocenters. The van der Waals surface area contributed by atoms with E-state index in [1.54, 1.807) is 0 Å². The first-order valence-electron chi connectivity index (χ1n) is 9.30. The Balaban J connectivity index is 1.72. The normalized spacial score (nSPS) is 15.6. The maximum Gasteiger partial charge on any atom is 0.280 e. The van der Waals surface area contributed by atoms with Crippen LogP contribution in [0.3, 0.4) is 0 Å². The zero-order chi connectivity index (χ0) is 19.1. The molecule has 0 unspecified atom stereocenters. The lowest BCUT2D eigenvalue weighted by Crippen LogP contribution is -2.21. The number of hydrogen-bond donors (Lipinski definition) is 0. The first-order chi connectivity index (χ1) is 13.7. The third-order valence-electron chi connectivity index (χ3n) is 5.16. The second kappa shape index (κ2) is 6.46. The van der Waals surface area contributed by atoms with Crippen LogP contribution in [0.4, 0.5) is 5.69 Å². The van der Waals surface area contributed by atoms with Gasteiger partial charge < -0.3 is 0 Å². The Bertz CT molecular complexity index is 1230. The molecule has 0 radical (unpaired) electrons. The van der Waals surface area contributed by atoms with Gasteiger partial charge in [-0.2, -0.15) is 10.1 Å². The summed E-state index contributed by atoms with van der Waals surface area (Å²) in [5.74, 6) is -0.0966. The number of amides is 1. The minimum absolute atomic E-state index is 0.0966. The third-order valence-corrected chi connectivity index (χ3v) is 5.16. The van der Waals surface area contributed by atoms with Crippen LogP contribution in [-0.4, -0.2) is 11.6 Å². The molecule has 4 aromatic rings. The number of benzene rings is 4. The number of rotatable bonds is 2. The van der Waals surface area contributed by atoms with Crippen LogP contribution < -0.4 is 5.01 Å². The van der Waals surface area contributed by atoms with E-state index in [4.69, 9.17) is 0 Å². The topological polar surface area (TPSA) is 32.7 Å². The van der Waals surface area contributed by atoms with Crippen LogP contribution in [0.1, 0.15) is 12.5 Å². The summed E-state index contributed by atoms with van der Waals surface area (Å²) >= 11 is 0. The molecule has 3 nitrogen and oxygen atoms in total. The van der Waals surface area contributed by atoms with Gasteiger partial charge in [0.1, 0.15) is 0 Å². The number of carbonyl (C=O) groups is 1. The summed E-state index contributed by atoms with van der Waals surface area (Å²) in [7, 11) is 0. The molecule has 134 valence electrons. The fourth-order valence-electron chi connectivity index (χ4n) is 3.78. The van der Waals surface area contributed by atoms with Gasteiger partial charge in [0.15, 0.2) is 0 Å². The Morgan fingerprint density at radius 1 is 0.786 bits per heavy atom. The van der Waals surface area contributed by atoms with Gasteiger partial charge in [0, 0.05) is 0 Å². The van der Waals surface area contributed by atoms with E-state index in [1.165, 1.54) is 5.01 Å². The quantitative estimate of drug-likeness (QED) is 0.328. The minimum atomic E-state index is -0.0966. The molecule has 0 aliphatic carbocycles. The molecular formula is C25H18N2O. The fourth-order valence-corrected chi connectivity index (χ4v) is 3.78. The molecule has 1 amide bonds. The van der Waals surface area contributed by atoms with Crippen LogP contribution >= 0.6 is 0 Å². The second-order valence-electron chi connectivity index (χ2n) is 6.93. The standard InChI is InChI=1S/C25H18N2O/c1-17-23(25(28)27(26-17)20-11-3-2-4-12-20)16-24-21-13-7-5-9-18(21)15-19-10-6-8-14-22(19)24/h2-16H,1H3. The van der Waals surface area contributed by atoms with Gasteiger partial charge in [-0.05, 0) is 58.3 Å². The molecule has 3 heteroatoms. The third kappa shape index (κ3) is 2.60. The van der Waals surface area contributed by atoms with Gasteiger partial charge >= 0.3 is 0 Å². The van der Waals surface area contributed by atoms with Crippen LogP contribution in [0, 0.1) is 0 Å². The molecule has 1 aliphatic heterocycles. The predicted octanol–water partition coefficient (Wildman–Crippen LogP) is 5.80. The lowest BCUT2D eigenvalue weighted by molar-refractivity contribution is -0.114. The molecule has 0 saturated carbocycles. The second-order valence-corrected chi connectivity index (χ2v) is 6.93. The van der Waals surface area contributed by atoms with Gasteiger partial charge in [-0.15, -0.1) is 0 Å². The number of fused-ring (bicyclic) bond motifs is 2. The van der Waals surface area contributed by atoms with E-state index in [0.29, 0.717) is 5.57 Å². The molecular weight excluding hydrogens is 344 g/mol. The first kappa shape index (κ1) is 16.5. The fraction of sp³-hybridized carbons (Fsp3) is 0.0400. The van der Waals surface area contributed by atoms with Gasteiger partial charge in [0.2, 0.25) is 0 Å². The average molecular weight is 362 g/mol. The highest BCUT2D eigenvalue weighted by atomic mass is 16.2. The molecule has 0 spiro atoms. The maximum absolute atomic E-state index is 13.1. The summed E-state index contributed by atoms with van der Waals surface area (Å²) in [6, 6.07) is 28.3. The van der Waals surface area contributed by atoms with Crippen LogP contribution in [-0.2, 0) is 4.79 Å². The van der Waals surface area contributed by atoms with Crippen molar-refractivity contribution in [3.05, 3.63) is 96.1 Å².